The minimum absolute atomic E-state index is 0.278. The summed E-state index contributed by atoms with van der Waals surface area (Å²) in [4.78, 5) is 17.3. The fraction of sp³-hybridized carbons (Fsp3) is 0. The molecule has 1 amide bonds. The Morgan fingerprint density at radius 2 is 1.73 bits per heavy atom. The number of aromatic nitrogens is 1. The second kappa shape index (κ2) is 7.08. The molecule has 0 unspecified atom stereocenters. The van der Waals surface area contributed by atoms with E-state index >= 15 is 0 Å². The second-order valence-electron chi connectivity index (χ2n) is 5.61. The predicted octanol–water partition coefficient (Wildman–Crippen LogP) is 6.52. The molecule has 0 atom stereocenters. The maximum Gasteiger partial charge on any atom is 0.257 e. The normalized spacial score (nSPS) is 10.8. The van der Waals surface area contributed by atoms with E-state index in [9.17, 15) is 4.79 Å². The van der Waals surface area contributed by atoms with Gasteiger partial charge in [-0.2, -0.15) is 0 Å². The molecule has 3 nitrogen and oxygen atoms in total. The number of halogens is 2. The van der Waals surface area contributed by atoms with E-state index in [4.69, 9.17) is 23.2 Å². The smallest absolute Gasteiger partial charge is 0.257 e. The van der Waals surface area contributed by atoms with Crippen LogP contribution in [0.15, 0.2) is 66.7 Å². The van der Waals surface area contributed by atoms with E-state index in [1.165, 1.54) is 0 Å². The van der Waals surface area contributed by atoms with Crippen LogP contribution in [0, 0.1) is 0 Å². The Morgan fingerprint density at radius 1 is 0.962 bits per heavy atom. The van der Waals surface area contributed by atoms with Gasteiger partial charge in [-0.1, -0.05) is 47.5 Å². The van der Waals surface area contributed by atoms with Crippen molar-refractivity contribution in [2.24, 2.45) is 0 Å². The number of nitrogens with one attached hydrogen (secondary N) is 1. The van der Waals surface area contributed by atoms with E-state index in [0.717, 1.165) is 20.8 Å². The zero-order valence-corrected chi connectivity index (χ0v) is 15.7. The minimum Gasteiger partial charge on any atom is -0.321 e. The molecule has 3 aromatic carbocycles. The molecule has 0 aliphatic rings. The topological polar surface area (TPSA) is 42.0 Å². The van der Waals surface area contributed by atoms with E-state index < -0.39 is 0 Å². The molecule has 128 valence electrons. The number of benzene rings is 3. The molecule has 1 N–H and O–H groups in total. The maximum absolute atomic E-state index is 12.6. The molecule has 0 saturated heterocycles. The van der Waals surface area contributed by atoms with Crippen LogP contribution in [0.25, 0.3) is 20.8 Å². The summed E-state index contributed by atoms with van der Waals surface area (Å²) in [5.41, 5.74) is 2.74. The number of fused-ring (bicyclic) bond motifs is 1. The van der Waals surface area contributed by atoms with E-state index in [2.05, 4.69) is 10.3 Å². The van der Waals surface area contributed by atoms with Gasteiger partial charge >= 0.3 is 0 Å². The Bertz CT molecular complexity index is 1090. The van der Waals surface area contributed by atoms with Gasteiger partial charge in [0.25, 0.3) is 5.91 Å². The van der Waals surface area contributed by atoms with E-state index in [-0.39, 0.29) is 5.91 Å². The summed E-state index contributed by atoms with van der Waals surface area (Å²) in [7, 11) is 0. The lowest BCUT2D eigenvalue weighted by molar-refractivity contribution is 0.102. The Balaban J connectivity index is 1.75. The summed E-state index contributed by atoms with van der Waals surface area (Å²) in [6.07, 6.45) is 0. The van der Waals surface area contributed by atoms with Crippen molar-refractivity contribution in [3.05, 3.63) is 82.3 Å². The number of anilines is 1. The molecule has 0 aliphatic carbocycles. The van der Waals surface area contributed by atoms with Crippen LogP contribution in [0.5, 0.6) is 0 Å². The highest BCUT2D eigenvalue weighted by Crippen LogP contribution is 2.36. The van der Waals surface area contributed by atoms with Gasteiger partial charge in [0.15, 0.2) is 0 Å². The van der Waals surface area contributed by atoms with Gasteiger partial charge in [0, 0.05) is 10.6 Å². The lowest BCUT2D eigenvalue weighted by Gasteiger charge is -2.11. The SMILES string of the molecule is O=C(Nc1ccc(Cl)cc1-c1nc2ccccc2s1)c1ccccc1Cl. The van der Waals surface area contributed by atoms with Crippen LogP contribution >= 0.6 is 34.5 Å². The summed E-state index contributed by atoms with van der Waals surface area (Å²) in [5, 5.41) is 4.70. The fourth-order valence-electron chi connectivity index (χ4n) is 2.62. The largest absolute Gasteiger partial charge is 0.321 e. The first-order valence-electron chi connectivity index (χ1n) is 7.83. The van der Waals surface area contributed by atoms with Crippen LogP contribution in [-0.2, 0) is 0 Å². The lowest BCUT2D eigenvalue weighted by Crippen LogP contribution is -2.13. The summed E-state index contributed by atoms with van der Waals surface area (Å²) < 4.78 is 1.07. The maximum atomic E-state index is 12.6. The molecule has 4 rings (SSSR count). The van der Waals surface area contributed by atoms with E-state index in [1.807, 2.05) is 30.3 Å². The molecule has 1 aromatic heterocycles. The van der Waals surface area contributed by atoms with Crippen molar-refractivity contribution in [2.45, 2.75) is 0 Å². The lowest BCUT2D eigenvalue weighted by atomic mass is 10.1. The highest BCUT2D eigenvalue weighted by molar-refractivity contribution is 7.21. The molecule has 0 saturated carbocycles. The average molecular weight is 399 g/mol. The first-order valence-corrected chi connectivity index (χ1v) is 9.40. The van der Waals surface area contributed by atoms with E-state index in [1.54, 1.807) is 47.7 Å². The number of hydrogen-bond donors (Lipinski definition) is 1. The van der Waals surface area contributed by atoms with Gasteiger partial charge in [0.1, 0.15) is 5.01 Å². The standard InChI is InChI=1S/C20H12Cl2N2OS/c21-12-9-10-16(23-19(25)13-5-1-2-6-15(13)22)14(11-12)20-24-17-7-3-4-8-18(17)26-20/h1-11H,(H,23,25). The molecule has 0 spiro atoms. The van der Waals surface area contributed by atoms with Crippen LogP contribution < -0.4 is 5.32 Å². The third-order valence-electron chi connectivity index (χ3n) is 3.87. The highest BCUT2D eigenvalue weighted by Gasteiger charge is 2.15. The van der Waals surface area contributed by atoms with Crippen molar-refractivity contribution >= 4 is 56.3 Å². The summed E-state index contributed by atoms with van der Waals surface area (Å²) in [6.45, 7) is 0. The molecule has 26 heavy (non-hydrogen) atoms. The summed E-state index contributed by atoms with van der Waals surface area (Å²) in [5.74, 6) is -0.278. The Kier molecular flexibility index (Phi) is 4.64. The third kappa shape index (κ3) is 3.31. The Hall–Kier alpha value is -2.40. The van der Waals surface area contributed by atoms with Crippen molar-refractivity contribution < 1.29 is 4.79 Å². The highest BCUT2D eigenvalue weighted by atomic mass is 35.5. The average Bonchev–Trinajstić information content (AvgIpc) is 3.07. The zero-order chi connectivity index (χ0) is 18.1. The van der Waals surface area contributed by atoms with Crippen LogP contribution in [0.1, 0.15) is 10.4 Å². The van der Waals surface area contributed by atoms with Crippen molar-refractivity contribution in [2.75, 3.05) is 5.32 Å². The zero-order valence-electron chi connectivity index (χ0n) is 13.4. The fourth-order valence-corrected chi connectivity index (χ4v) is 4.01. The van der Waals surface area contributed by atoms with Gasteiger partial charge < -0.3 is 5.32 Å². The van der Waals surface area contributed by atoms with Crippen molar-refractivity contribution in [1.82, 2.24) is 4.98 Å². The Labute approximate surface area is 164 Å². The first kappa shape index (κ1) is 17.0. The molecule has 0 fully saturated rings. The summed E-state index contributed by atoms with van der Waals surface area (Å²) in [6, 6.07) is 20.2. The molecular weight excluding hydrogens is 387 g/mol. The molecule has 0 bridgehead atoms. The van der Waals surface area contributed by atoms with Crippen molar-refractivity contribution in [1.29, 1.82) is 0 Å². The number of hydrogen-bond acceptors (Lipinski definition) is 3. The van der Waals surface area contributed by atoms with Gasteiger partial charge in [0.05, 0.1) is 26.5 Å². The Morgan fingerprint density at radius 3 is 2.54 bits per heavy atom. The minimum atomic E-state index is -0.278. The molecule has 0 radical (unpaired) electrons. The molecular formula is C20H12Cl2N2OS. The van der Waals surface area contributed by atoms with Crippen LogP contribution in [0.2, 0.25) is 10.0 Å². The number of amides is 1. The number of carbonyl (C=O) groups is 1. The molecule has 0 aliphatic heterocycles. The van der Waals surface area contributed by atoms with Gasteiger partial charge in [-0.3, -0.25) is 4.79 Å². The van der Waals surface area contributed by atoms with Gasteiger partial charge in [0.2, 0.25) is 0 Å². The number of nitrogens with zero attached hydrogens (tertiary/aromatic N) is 1. The predicted molar refractivity (Wildman–Crippen MR) is 109 cm³/mol. The van der Waals surface area contributed by atoms with Crippen molar-refractivity contribution in [3.63, 3.8) is 0 Å². The van der Waals surface area contributed by atoms with Gasteiger partial charge in [-0.15, -0.1) is 11.3 Å². The number of carbonyl (C=O) groups excluding carboxylic acids is 1. The van der Waals surface area contributed by atoms with Crippen LogP contribution in [0.4, 0.5) is 5.69 Å². The van der Waals surface area contributed by atoms with Gasteiger partial charge in [-0.05, 0) is 42.5 Å². The van der Waals surface area contributed by atoms with Gasteiger partial charge in [-0.25, -0.2) is 4.98 Å². The quantitative estimate of drug-likeness (QED) is 0.426. The monoisotopic (exact) mass is 398 g/mol. The number of para-hydroxylation sites is 1. The van der Waals surface area contributed by atoms with Crippen LogP contribution in [0.3, 0.4) is 0 Å². The molecule has 6 heteroatoms. The van der Waals surface area contributed by atoms with Crippen LogP contribution in [-0.4, -0.2) is 10.9 Å². The summed E-state index contributed by atoms with van der Waals surface area (Å²) >= 11 is 13.9. The molecule has 4 aromatic rings. The number of rotatable bonds is 3. The first-order chi connectivity index (χ1) is 12.6. The number of thiazole rings is 1. The van der Waals surface area contributed by atoms with Crippen molar-refractivity contribution in [3.8, 4) is 10.6 Å². The second-order valence-corrected chi connectivity index (χ2v) is 7.48. The van der Waals surface area contributed by atoms with E-state index in [0.29, 0.717) is 21.3 Å². The molecule has 1 heterocycles. The third-order valence-corrected chi connectivity index (χ3v) is 5.51.